The van der Waals surface area contributed by atoms with Gasteiger partial charge in [-0.2, -0.15) is 5.26 Å². The molecule has 1 nitrogen and oxygen atoms in total. The maximum absolute atomic E-state index is 11.3. The lowest BCUT2D eigenvalue weighted by atomic mass is 10.6. The Bertz CT molecular complexity index is 79.0. The molecule has 0 N–H and O–H groups in total. The van der Waals surface area contributed by atoms with Crippen LogP contribution in [-0.2, 0) is 0 Å². The van der Waals surface area contributed by atoms with Gasteiger partial charge in [-0.3, -0.25) is 4.39 Å². The Balaban J connectivity index is 2.65. The van der Waals surface area contributed by atoms with E-state index < -0.39 is 0 Å². The van der Waals surface area contributed by atoms with E-state index in [2.05, 4.69) is 0 Å². The molecule has 46 valence electrons. The Morgan fingerprint density at radius 3 is 2.88 bits per heavy atom. The molecule has 8 heavy (non-hydrogen) atoms. The van der Waals surface area contributed by atoms with Gasteiger partial charge in [0, 0.05) is 0 Å². The third kappa shape index (κ3) is 5.77. The average Bonchev–Trinajstić information content (AvgIpc) is 1.81. The molecule has 0 fully saturated rings. The number of thioether (sulfide) groups is 1. The summed E-state index contributed by atoms with van der Waals surface area (Å²) in [5.41, 5.74) is 0. The maximum Gasteiger partial charge on any atom is 0.0902 e. The van der Waals surface area contributed by atoms with Gasteiger partial charge in [-0.1, -0.05) is 0 Å². The molecule has 0 spiro atoms. The Kier molecular flexibility index (Phi) is 6.58. The third-order valence-electron chi connectivity index (χ3n) is 0.589. The summed E-state index contributed by atoms with van der Waals surface area (Å²) >= 11 is 1.48. The van der Waals surface area contributed by atoms with Gasteiger partial charge < -0.3 is 0 Å². The quantitative estimate of drug-likeness (QED) is 0.544. The second kappa shape index (κ2) is 6.77. The van der Waals surface area contributed by atoms with Crippen LogP contribution in [0.1, 0.15) is 6.42 Å². The van der Waals surface area contributed by atoms with E-state index in [-0.39, 0.29) is 6.67 Å². The molecule has 0 radical (unpaired) electrons. The van der Waals surface area contributed by atoms with Crippen LogP contribution in [0.5, 0.6) is 0 Å². The summed E-state index contributed by atoms with van der Waals surface area (Å²) in [6.07, 6.45) is 0.576. The smallest absolute Gasteiger partial charge is 0.0902 e. The Morgan fingerprint density at radius 2 is 2.38 bits per heavy atom. The SMILES string of the molecule is N#CCSCCCF. The first kappa shape index (κ1) is 7.77. The van der Waals surface area contributed by atoms with E-state index in [0.717, 1.165) is 5.75 Å². The minimum Gasteiger partial charge on any atom is -0.251 e. The van der Waals surface area contributed by atoms with Crippen LogP contribution in [0.4, 0.5) is 4.39 Å². The zero-order valence-electron chi connectivity index (χ0n) is 4.56. The van der Waals surface area contributed by atoms with Crippen LogP contribution >= 0.6 is 11.8 Å². The summed E-state index contributed by atoms with van der Waals surface area (Å²) in [6, 6.07) is 1.97. The van der Waals surface area contributed by atoms with Gasteiger partial charge in [-0.05, 0) is 12.2 Å². The van der Waals surface area contributed by atoms with Gasteiger partial charge in [0.05, 0.1) is 18.5 Å². The highest BCUT2D eigenvalue weighted by molar-refractivity contribution is 7.99. The van der Waals surface area contributed by atoms with Crippen molar-refractivity contribution in [3.05, 3.63) is 0 Å². The van der Waals surface area contributed by atoms with Crippen LogP contribution in [0, 0.1) is 11.3 Å². The van der Waals surface area contributed by atoms with Crippen molar-refractivity contribution in [1.29, 1.82) is 5.26 Å². The zero-order chi connectivity index (χ0) is 6.24. The molecule has 0 saturated heterocycles. The summed E-state index contributed by atoms with van der Waals surface area (Å²) < 4.78 is 11.3. The van der Waals surface area contributed by atoms with Crippen molar-refractivity contribution < 1.29 is 4.39 Å². The number of halogens is 1. The van der Waals surface area contributed by atoms with E-state index in [1.54, 1.807) is 0 Å². The summed E-state index contributed by atoms with van der Waals surface area (Å²) in [6.45, 7) is -0.265. The van der Waals surface area contributed by atoms with Gasteiger partial charge in [-0.25, -0.2) is 0 Å². The van der Waals surface area contributed by atoms with Crippen molar-refractivity contribution in [1.82, 2.24) is 0 Å². The van der Waals surface area contributed by atoms with Gasteiger partial charge in [0.2, 0.25) is 0 Å². The predicted molar refractivity (Wildman–Crippen MR) is 33.5 cm³/mol. The first-order chi connectivity index (χ1) is 3.91. The van der Waals surface area contributed by atoms with Crippen LogP contribution in [0.15, 0.2) is 0 Å². The molecule has 0 bridgehead atoms. The van der Waals surface area contributed by atoms with E-state index in [0.29, 0.717) is 12.2 Å². The third-order valence-corrected chi connectivity index (χ3v) is 1.50. The number of nitrogens with zero attached hydrogens (tertiary/aromatic N) is 1. The van der Waals surface area contributed by atoms with Gasteiger partial charge in [0.15, 0.2) is 0 Å². The molecular weight excluding hydrogens is 125 g/mol. The van der Waals surface area contributed by atoms with Gasteiger partial charge in [0.25, 0.3) is 0 Å². The summed E-state index contributed by atoms with van der Waals surface area (Å²) in [5.74, 6) is 1.25. The number of hydrogen-bond donors (Lipinski definition) is 0. The highest BCUT2D eigenvalue weighted by Crippen LogP contribution is 1.99. The minimum absolute atomic E-state index is 0.265. The molecule has 0 aliphatic rings. The standard InChI is InChI=1S/C5H8FNS/c6-2-1-4-8-5-3-7/h1-2,4-5H2. The predicted octanol–water partition coefficient (Wildman–Crippen LogP) is 1.60. The van der Waals surface area contributed by atoms with Crippen molar-refractivity contribution in [2.45, 2.75) is 6.42 Å². The first-order valence-corrected chi connectivity index (χ1v) is 3.58. The van der Waals surface area contributed by atoms with E-state index in [4.69, 9.17) is 5.26 Å². The fraction of sp³-hybridized carbons (Fsp3) is 0.800. The topological polar surface area (TPSA) is 23.8 Å². The molecule has 0 aliphatic heterocycles. The summed E-state index contributed by atoms with van der Waals surface area (Å²) in [5, 5.41) is 8.00. The highest BCUT2D eigenvalue weighted by atomic mass is 32.2. The number of nitriles is 1. The molecule has 0 amide bonds. The molecular formula is C5H8FNS. The minimum atomic E-state index is -0.265. The van der Waals surface area contributed by atoms with Crippen LogP contribution in [0.25, 0.3) is 0 Å². The fourth-order valence-corrected chi connectivity index (χ4v) is 0.823. The van der Waals surface area contributed by atoms with Gasteiger partial charge >= 0.3 is 0 Å². The van der Waals surface area contributed by atoms with Crippen molar-refractivity contribution in [3.63, 3.8) is 0 Å². The average molecular weight is 133 g/mol. The summed E-state index contributed by atoms with van der Waals surface area (Å²) in [4.78, 5) is 0. The molecule has 0 saturated carbocycles. The maximum atomic E-state index is 11.3. The van der Waals surface area contributed by atoms with E-state index in [1.807, 2.05) is 6.07 Å². The molecule has 0 unspecified atom stereocenters. The number of rotatable bonds is 4. The van der Waals surface area contributed by atoms with E-state index >= 15 is 0 Å². The Morgan fingerprint density at radius 1 is 1.62 bits per heavy atom. The Hall–Kier alpha value is -0.230. The van der Waals surface area contributed by atoms with Crippen LogP contribution in [-0.4, -0.2) is 18.2 Å². The van der Waals surface area contributed by atoms with E-state index in [1.165, 1.54) is 11.8 Å². The molecule has 0 rings (SSSR count). The van der Waals surface area contributed by atoms with Gasteiger partial charge in [-0.15, -0.1) is 11.8 Å². The monoisotopic (exact) mass is 133 g/mol. The zero-order valence-corrected chi connectivity index (χ0v) is 5.38. The Labute approximate surface area is 52.9 Å². The lowest BCUT2D eigenvalue weighted by Crippen LogP contribution is -1.81. The molecule has 3 heteroatoms. The lowest BCUT2D eigenvalue weighted by Gasteiger charge is -1.88. The van der Waals surface area contributed by atoms with Crippen LogP contribution in [0.3, 0.4) is 0 Å². The fourth-order valence-electron chi connectivity index (χ4n) is 0.274. The van der Waals surface area contributed by atoms with Crippen molar-refractivity contribution in [2.75, 3.05) is 18.2 Å². The molecule has 0 aromatic rings. The lowest BCUT2D eigenvalue weighted by molar-refractivity contribution is 0.489. The number of hydrogen-bond acceptors (Lipinski definition) is 2. The van der Waals surface area contributed by atoms with Crippen LogP contribution < -0.4 is 0 Å². The molecule has 0 atom stereocenters. The van der Waals surface area contributed by atoms with Crippen molar-refractivity contribution in [3.8, 4) is 6.07 Å². The second-order valence-corrected chi connectivity index (χ2v) is 2.36. The summed E-state index contributed by atoms with van der Waals surface area (Å²) in [7, 11) is 0. The first-order valence-electron chi connectivity index (χ1n) is 2.42. The molecule has 0 aromatic heterocycles. The second-order valence-electron chi connectivity index (χ2n) is 1.25. The molecule has 0 aromatic carbocycles. The van der Waals surface area contributed by atoms with Crippen molar-refractivity contribution >= 4 is 11.8 Å². The highest BCUT2D eigenvalue weighted by Gasteiger charge is 1.84. The van der Waals surface area contributed by atoms with Crippen molar-refractivity contribution in [2.24, 2.45) is 0 Å². The van der Waals surface area contributed by atoms with Gasteiger partial charge in [0.1, 0.15) is 0 Å². The molecule has 0 heterocycles. The normalized spacial score (nSPS) is 8.50. The van der Waals surface area contributed by atoms with Crippen LogP contribution in [0.2, 0.25) is 0 Å². The largest absolute Gasteiger partial charge is 0.251 e. The molecule has 0 aliphatic carbocycles. The van der Waals surface area contributed by atoms with E-state index in [9.17, 15) is 4.39 Å². The number of alkyl halides is 1.